The van der Waals surface area contributed by atoms with Gasteiger partial charge in [-0.2, -0.15) is 0 Å². The summed E-state index contributed by atoms with van der Waals surface area (Å²) in [5.74, 6) is -1.83. The molecule has 1 aromatic rings. The first-order chi connectivity index (χ1) is 13.9. The van der Waals surface area contributed by atoms with Crippen LogP contribution in [0.3, 0.4) is 0 Å². The summed E-state index contributed by atoms with van der Waals surface area (Å²) in [4.78, 5) is 52.7. The largest absolute Gasteiger partial charge is 0.380 e. The van der Waals surface area contributed by atoms with Crippen LogP contribution in [0.2, 0.25) is 0 Å². The van der Waals surface area contributed by atoms with E-state index >= 15 is 0 Å². The third kappa shape index (κ3) is 4.48. The Balaban J connectivity index is 1.48. The van der Waals surface area contributed by atoms with Gasteiger partial charge >= 0.3 is 5.97 Å². The number of fused-ring (bicyclic) bond motifs is 1. The second-order valence-electron chi connectivity index (χ2n) is 6.83. The zero-order chi connectivity index (χ0) is 21.0. The highest BCUT2D eigenvalue weighted by Crippen LogP contribution is 2.35. The zero-order valence-corrected chi connectivity index (χ0v) is 15.5. The summed E-state index contributed by atoms with van der Waals surface area (Å²) in [5.41, 5.74) is 5.77. The number of likely N-dealkylation sites (tertiary alicyclic amines) is 1. The van der Waals surface area contributed by atoms with Gasteiger partial charge in [-0.25, -0.2) is 4.79 Å². The van der Waals surface area contributed by atoms with Crippen molar-refractivity contribution in [2.75, 3.05) is 6.54 Å². The van der Waals surface area contributed by atoms with E-state index in [0.717, 1.165) is 0 Å². The van der Waals surface area contributed by atoms with E-state index in [9.17, 15) is 24.5 Å². The van der Waals surface area contributed by atoms with Gasteiger partial charge in [0.15, 0.2) is 5.84 Å². The Bertz CT molecular complexity index is 884. The number of benzene rings is 1. The third-order valence-electron chi connectivity index (χ3n) is 4.96. The number of hydrogen-bond donors (Lipinski definition) is 1. The lowest BCUT2D eigenvalue weighted by molar-refractivity contribution is -0.384. The van der Waals surface area contributed by atoms with Crippen LogP contribution < -0.4 is 5.73 Å². The number of rotatable bonds is 7. The number of amides is 2. The van der Waals surface area contributed by atoms with Crippen molar-refractivity contribution in [1.29, 1.82) is 0 Å². The lowest BCUT2D eigenvalue weighted by atomic mass is 9.85. The van der Waals surface area contributed by atoms with Crippen LogP contribution in [0.1, 0.15) is 31.2 Å². The number of non-ortho nitro benzene ring substituents is 1. The fraction of sp³-hybridized carbons (Fsp3) is 0.368. The molecule has 1 aliphatic carbocycles. The molecule has 0 saturated carbocycles. The van der Waals surface area contributed by atoms with Gasteiger partial charge in [-0.05, 0) is 19.3 Å². The molecule has 1 saturated heterocycles. The average molecular weight is 400 g/mol. The van der Waals surface area contributed by atoms with Crippen molar-refractivity contribution in [3.63, 3.8) is 0 Å². The molecule has 2 atom stereocenters. The van der Waals surface area contributed by atoms with Crippen molar-refractivity contribution in [3.05, 3.63) is 52.1 Å². The second kappa shape index (κ2) is 8.63. The maximum atomic E-state index is 12.3. The first kappa shape index (κ1) is 20.2. The van der Waals surface area contributed by atoms with Gasteiger partial charge in [0.05, 0.1) is 16.8 Å². The van der Waals surface area contributed by atoms with Crippen molar-refractivity contribution in [1.82, 2.24) is 4.90 Å². The van der Waals surface area contributed by atoms with Gasteiger partial charge in [0.2, 0.25) is 11.8 Å². The molecule has 3 rings (SSSR count). The molecule has 0 radical (unpaired) electrons. The van der Waals surface area contributed by atoms with Crippen LogP contribution in [0.15, 0.2) is 41.6 Å². The predicted molar refractivity (Wildman–Crippen MR) is 101 cm³/mol. The van der Waals surface area contributed by atoms with Gasteiger partial charge in [0.25, 0.3) is 5.69 Å². The number of oxime groups is 1. The van der Waals surface area contributed by atoms with Crippen molar-refractivity contribution in [2.45, 2.75) is 25.7 Å². The fourth-order valence-corrected chi connectivity index (χ4v) is 3.45. The summed E-state index contributed by atoms with van der Waals surface area (Å²) in [6.07, 6.45) is 5.15. The Morgan fingerprint density at radius 3 is 2.52 bits per heavy atom. The molecule has 1 heterocycles. The van der Waals surface area contributed by atoms with Crippen LogP contribution in [0, 0.1) is 22.0 Å². The minimum atomic E-state index is -0.684. The van der Waals surface area contributed by atoms with E-state index in [0.29, 0.717) is 12.8 Å². The number of amidine groups is 1. The number of nitro benzene ring substituents is 1. The van der Waals surface area contributed by atoms with Gasteiger partial charge < -0.3 is 10.6 Å². The lowest BCUT2D eigenvalue weighted by Crippen LogP contribution is -2.32. The summed E-state index contributed by atoms with van der Waals surface area (Å²) < 4.78 is 0. The smallest absolute Gasteiger partial charge is 0.335 e. The molecule has 2 N–H and O–H groups in total. The number of carbonyl (C=O) groups excluding carboxylic acids is 3. The van der Waals surface area contributed by atoms with E-state index in [-0.39, 0.29) is 60.1 Å². The first-order valence-electron chi connectivity index (χ1n) is 9.17. The Morgan fingerprint density at radius 2 is 1.90 bits per heavy atom. The minimum Gasteiger partial charge on any atom is -0.380 e. The number of allylic oxidation sites excluding steroid dienone is 2. The van der Waals surface area contributed by atoms with Gasteiger partial charge in [-0.3, -0.25) is 24.6 Å². The van der Waals surface area contributed by atoms with Gasteiger partial charge in [-0.1, -0.05) is 29.4 Å². The predicted octanol–water partition coefficient (Wildman–Crippen LogP) is 1.49. The quantitative estimate of drug-likeness (QED) is 0.139. The van der Waals surface area contributed by atoms with Crippen LogP contribution in [-0.2, 0) is 19.2 Å². The summed E-state index contributed by atoms with van der Waals surface area (Å²) in [6, 6.07) is 5.45. The molecule has 1 aliphatic heterocycles. The van der Waals surface area contributed by atoms with Crippen molar-refractivity contribution >= 4 is 29.3 Å². The summed E-state index contributed by atoms with van der Waals surface area (Å²) in [5, 5.41) is 14.3. The standard InChI is InChI=1S/C19H20N4O6/c20-17(12-5-3-6-13(11-12)23(27)28)21-29-16(24)9-4-10-22-18(25)14-7-1-2-8-15(14)19(22)26/h1-3,5-6,11,14-15H,4,7-10H2,(H2,20,21)/t14-,15-/m1/s1. The molecule has 10 nitrogen and oxygen atoms in total. The molecule has 2 amide bonds. The normalized spacial score (nSPS) is 21.2. The highest BCUT2D eigenvalue weighted by Gasteiger charge is 2.46. The van der Waals surface area contributed by atoms with E-state index in [1.165, 1.54) is 29.2 Å². The SMILES string of the molecule is N/C(=N\OC(=O)CCCN1C(=O)[C@@H]2CC=CC[C@H]2C1=O)c1cccc([N+](=O)[O-])c1. The molecule has 0 aromatic heterocycles. The Labute approximate surface area is 166 Å². The molecular formula is C19H20N4O6. The fourth-order valence-electron chi connectivity index (χ4n) is 3.45. The maximum Gasteiger partial charge on any atom is 0.335 e. The average Bonchev–Trinajstić information content (AvgIpc) is 2.97. The Morgan fingerprint density at radius 1 is 1.24 bits per heavy atom. The van der Waals surface area contributed by atoms with E-state index in [1.807, 2.05) is 12.2 Å². The van der Waals surface area contributed by atoms with Gasteiger partial charge in [-0.15, -0.1) is 0 Å². The number of nitrogens with two attached hydrogens (primary N) is 1. The molecule has 152 valence electrons. The van der Waals surface area contributed by atoms with E-state index < -0.39 is 10.9 Å². The van der Waals surface area contributed by atoms with Gasteiger partial charge in [0.1, 0.15) is 0 Å². The molecule has 0 bridgehead atoms. The Kier molecular flexibility index (Phi) is 6.01. The number of nitro groups is 1. The molecule has 0 unspecified atom stereocenters. The molecule has 1 fully saturated rings. The van der Waals surface area contributed by atoms with Crippen LogP contribution in [0.5, 0.6) is 0 Å². The zero-order valence-electron chi connectivity index (χ0n) is 15.5. The lowest BCUT2D eigenvalue weighted by Gasteiger charge is -2.14. The van der Waals surface area contributed by atoms with Crippen LogP contribution in [-0.4, -0.2) is 40.0 Å². The Hall–Kier alpha value is -3.56. The summed E-state index contributed by atoms with van der Waals surface area (Å²) >= 11 is 0. The number of hydrogen-bond acceptors (Lipinski definition) is 7. The highest BCUT2D eigenvalue weighted by molar-refractivity contribution is 6.05. The molecule has 1 aromatic carbocycles. The molecular weight excluding hydrogens is 380 g/mol. The topological polar surface area (TPSA) is 145 Å². The molecule has 0 spiro atoms. The summed E-state index contributed by atoms with van der Waals surface area (Å²) in [6.45, 7) is 0.143. The second-order valence-corrected chi connectivity index (χ2v) is 6.83. The number of nitrogens with zero attached hydrogens (tertiary/aromatic N) is 3. The van der Waals surface area contributed by atoms with E-state index in [1.54, 1.807) is 0 Å². The van der Waals surface area contributed by atoms with Crippen molar-refractivity contribution in [2.24, 2.45) is 22.7 Å². The molecule has 29 heavy (non-hydrogen) atoms. The van der Waals surface area contributed by atoms with Crippen molar-refractivity contribution in [3.8, 4) is 0 Å². The first-order valence-corrected chi connectivity index (χ1v) is 9.17. The number of carbonyl (C=O) groups is 3. The molecule has 2 aliphatic rings. The molecule has 10 heteroatoms. The van der Waals surface area contributed by atoms with Crippen LogP contribution in [0.4, 0.5) is 5.69 Å². The van der Waals surface area contributed by atoms with Crippen LogP contribution >= 0.6 is 0 Å². The maximum absolute atomic E-state index is 12.3. The number of imide groups is 1. The van der Waals surface area contributed by atoms with Crippen LogP contribution in [0.25, 0.3) is 0 Å². The monoisotopic (exact) mass is 400 g/mol. The van der Waals surface area contributed by atoms with Gasteiger partial charge in [0, 0.05) is 30.7 Å². The van der Waals surface area contributed by atoms with E-state index in [4.69, 9.17) is 10.6 Å². The third-order valence-corrected chi connectivity index (χ3v) is 4.96. The van der Waals surface area contributed by atoms with Crippen molar-refractivity contribution < 1.29 is 24.1 Å². The summed E-state index contributed by atoms with van der Waals surface area (Å²) in [7, 11) is 0. The van der Waals surface area contributed by atoms with E-state index in [2.05, 4.69) is 5.16 Å². The minimum absolute atomic E-state index is 0.0592. The highest BCUT2D eigenvalue weighted by atomic mass is 16.7.